The number of aliphatic carboxylic acids is 1. The highest BCUT2D eigenvalue weighted by Crippen LogP contribution is 2.07. The predicted molar refractivity (Wildman–Crippen MR) is 75.1 cm³/mol. The van der Waals surface area contributed by atoms with Crippen molar-refractivity contribution in [1.29, 1.82) is 0 Å². The topological polar surface area (TPSA) is 86.7 Å². The fraction of sp³-hybridized carbons (Fsp3) is 0.917. The third kappa shape index (κ3) is 8.18. The summed E-state index contributed by atoms with van der Waals surface area (Å²) in [6.45, 7) is 7.01. The van der Waals surface area contributed by atoms with Gasteiger partial charge in [-0.25, -0.2) is 4.72 Å². The first-order chi connectivity index (χ1) is 8.83. The molecule has 1 unspecified atom stereocenters. The second-order valence-corrected chi connectivity index (χ2v) is 6.55. The highest BCUT2D eigenvalue weighted by atomic mass is 32.2. The van der Waals surface area contributed by atoms with E-state index in [2.05, 4.69) is 4.72 Å². The summed E-state index contributed by atoms with van der Waals surface area (Å²) in [5.41, 5.74) is 0. The van der Waals surface area contributed by atoms with E-state index in [-0.39, 0.29) is 18.9 Å². The number of carbonyl (C=O) groups is 1. The van der Waals surface area contributed by atoms with E-state index in [1.54, 1.807) is 0 Å². The minimum absolute atomic E-state index is 0.0102. The minimum Gasteiger partial charge on any atom is -0.481 e. The van der Waals surface area contributed by atoms with Crippen LogP contribution in [0.4, 0.5) is 0 Å². The van der Waals surface area contributed by atoms with Crippen LogP contribution in [0.2, 0.25) is 0 Å². The molecular weight excluding hydrogens is 268 g/mol. The third-order valence-corrected chi connectivity index (χ3v) is 4.33. The van der Waals surface area contributed by atoms with Gasteiger partial charge in [0.25, 0.3) is 10.2 Å². The number of hydrogen-bond donors (Lipinski definition) is 2. The van der Waals surface area contributed by atoms with Gasteiger partial charge in [-0.15, -0.1) is 0 Å². The van der Waals surface area contributed by atoms with Crippen molar-refractivity contribution in [3.63, 3.8) is 0 Å². The van der Waals surface area contributed by atoms with Crippen LogP contribution in [0.25, 0.3) is 0 Å². The fourth-order valence-corrected chi connectivity index (χ4v) is 3.19. The minimum atomic E-state index is -3.44. The molecule has 0 rings (SSSR count). The van der Waals surface area contributed by atoms with Gasteiger partial charge in [-0.2, -0.15) is 12.7 Å². The zero-order chi connectivity index (χ0) is 14.9. The SMILES string of the molecule is CCCN(CCC)S(=O)(=O)NCC(C)CCC(=O)O. The Labute approximate surface area is 116 Å². The van der Waals surface area contributed by atoms with E-state index in [0.29, 0.717) is 19.5 Å². The summed E-state index contributed by atoms with van der Waals surface area (Å²) in [4.78, 5) is 10.4. The monoisotopic (exact) mass is 294 g/mol. The Kier molecular flexibility index (Phi) is 8.95. The molecule has 2 N–H and O–H groups in total. The summed E-state index contributed by atoms with van der Waals surface area (Å²) in [5, 5.41) is 8.57. The zero-order valence-electron chi connectivity index (χ0n) is 12.1. The van der Waals surface area contributed by atoms with Crippen LogP contribution in [0.5, 0.6) is 0 Å². The van der Waals surface area contributed by atoms with E-state index in [4.69, 9.17) is 5.11 Å². The summed E-state index contributed by atoms with van der Waals surface area (Å²) in [5.74, 6) is -0.843. The molecule has 0 aromatic carbocycles. The van der Waals surface area contributed by atoms with Gasteiger partial charge in [0.15, 0.2) is 0 Å². The van der Waals surface area contributed by atoms with Crippen LogP contribution in [0.1, 0.15) is 46.5 Å². The van der Waals surface area contributed by atoms with E-state index < -0.39 is 16.2 Å². The first-order valence-corrected chi connectivity index (χ1v) is 8.24. The van der Waals surface area contributed by atoms with Gasteiger partial charge in [-0.1, -0.05) is 20.8 Å². The smallest absolute Gasteiger partial charge is 0.303 e. The molecule has 0 radical (unpaired) electrons. The van der Waals surface area contributed by atoms with Gasteiger partial charge in [0.05, 0.1) is 0 Å². The molecule has 0 aliphatic carbocycles. The maximum atomic E-state index is 12.1. The molecule has 0 amide bonds. The average molecular weight is 294 g/mol. The van der Waals surface area contributed by atoms with Gasteiger partial charge < -0.3 is 5.11 Å². The molecular formula is C12H26N2O4S. The van der Waals surface area contributed by atoms with Crippen molar-refractivity contribution in [1.82, 2.24) is 9.03 Å². The van der Waals surface area contributed by atoms with E-state index in [1.165, 1.54) is 4.31 Å². The van der Waals surface area contributed by atoms with E-state index in [1.807, 2.05) is 20.8 Å². The first-order valence-electron chi connectivity index (χ1n) is 6.80. The van der Waals surface area contributed by atoms with Crippen LogP contribution in [0.15, 0.2) is 0 Å². The van der Waals surface area contributed by atoms with Crippen molar-refractivity contribution in [2.75, 3.05) is 19.6 Å². The maximum absolute atomic E-state index is 12.1. The van der Waals surface area contributed by atoms with Crippen molar-refractivity contribution < 1.29 is 18.3 Å². The third-order valence-electron chi connectivity index (χ3n) is 2.75. The van der Waals surface area contributed by atoms with Gasteiger partial charge in [-0.3, -0.25) is 4.79 Å². The summed E-state index contributed by atoms with van der Waals surface area (Å²) in [6.07, 6.45) is 2.08. The first kappa shape index (κ1) is 18.3. The van der Waals surface area contributed by atoms with Crippen molar-refractivity contribution >= 4 is 16.2 Å². The van der Waals surface area contributed by atoms with E-state index in [0.717, 1.165) is 12.8 Å². The normalized spacial score (nSPS) is 13.7. The number of carboxylic acid groups (broad SMARTS) is 1. The van der Waals surface area contributed by atoms with Crippen LogP contribution in [-0.2, 0) is 15.0 Å². The molecule has 0 saturated heterocycles. The molecule has 19 heavy (non-hydrogen) atoms. The number of hydrogen-bond acceptors (Lipinski definition) is 3. The molecule has 0 saturated carbocycles. The highest BCUT2D eigenvalue weighted by Gasteiger charge is 2.20. The second-order valence-electron chi connectivity index (χ2n) is 4.79. The predicted octanol–water partition coefficient (Wildman–Crippen LogP) is 1.44. The summed E-state index contributed by atoms with van der Waals surface area (Å²) < 4.78 is 28.1. The molecule has 0 aromatic heterocycles. The van der Waals surface area contributed by atoms with E-state index >= 15 is 0 Å². The van der Waals surface area contributed by atoms with Gasteiger partial charge in [-0.05, 0) is 25.2 Å². The summed E-state index contributed by atoms with van der Waals surface area (Å²) >= 11 is 0. The number of rotatable bonds is 11. The second kappa shape index (κ2) is 9.28. The zero-order valence-corrected chi connectivity index (χ0v) is 12.9. The lowest BCUT2D eigenvalue weighted by Gasteiger charge is -2.22. The lowest BCUT2D eigenvalue weighted by molar-refractivity contribution is -0.137. The van der Waals surface area contributed by atoms with Gasteiger partial charge in [0, 0.05) is 26.1 Å². The van der Waals surface area contributed by atoms with Crippen LogP contribution < -0.4 is 4.72 Å². The van der Waals surface area contributed by atoms with Gasteiger partial charge in [0.2, 0.25) is 0 Å². The molecule has 6 nitrogen and oxygen atoms in total. The Hall–Kier alpha value is -0.660. The lowest BCUT2D eigenvalue weighted by atomic mass is 10.1. The van der Waals surface area contributed by atoms with Crippen molar-refractivity contribution in [3.05, 3.63) is 0 Å². The Morgan fingerprint density at radius 2 is 1.79 bits per heavy atom. The van der Waals surface area contributed by atoms with Crippen LogP contribution in [0, 0.1) is 5.92 Å². The highest BCUT2D eigenvalue weighted by molar-refractivity contribution is 7.87. The summed E-state index contributed by atoms with van der Waals surface area (Å²) in [7, 11) is -3.44. The molecule has 0 aliphatic rings. The Morgan fingerprint density at radius 1 is 1.26 bits per heavy atom. The molecule has 0 spiro atoms. The average Bonchev–Trinajstić information content (AvgIpc) is 2.33. The quantitative estimate of drug-likeness (QED) is 0.604. The largest absolute Gasteiger partial charge is 0.481 e. The lowest BCUT2D eigenvalue weighted by Crippen LogP contribution is -2.43. The Bertz CT molecular complexity index is 351. The molecule has 0 fully saturated rings. The molecule has 114 valence electrons. The maximum Gasteiger partial charge on any atom is 0.303 e. The molecule has 7 heteroatoms. The van der Waals surface area contributed by atoms with Crippen LogP contribution in [-0.4, -0.2) is 43.4 Å². The molecule has 0 aliphatic heterocycles. The van der Waals surface area contributed by atoms with Crippen molar-refractivity contribution in [3.8, 4) is 0 Å². The molecule has 0 aromatic rings. The summed E-state index contributed by atoms with van der Waals surface area (Å²) in [6, 6.07) is 0. The fourth-order valence-electron chi connectivity index (χ4n) is 1.66. The molecule has 0 heterocycles. The number of nitrogens with zero attached hydrogens (tertiary/aromatic N) is 1. The number of carboxylic acids is 1. The molecule has 1 atom stereocenters. The van der Waals surface area contributed by atoms with Crippen molar-refractivity contribution in [2.24, 2.45) is 5.92 Å². The number of nitrogens with one attached hydrogen (secondary N) is 1. The van der Waals surface area contributed by atoms with Crippen LogP contribution in [0.3, 0.4) is 0 Å². The standard InChI is InChI=1S/C12H26N2O4S/c1-4-8-14(9-5-2)19(17,18)13-10-11(3)6-7-12(15)16/h11,13H,4-10H2,1-3H3,(H,15,16). The van der Waals surface area contributed by atoms with Crippen molar-refractivity contribution in [2.45, 2.75) is 46.5 Å². The van der Waals surface area contributed by atoms with Gasteiger partial charge >= 0.3 is 5.97 Å². The van der Waals surface area contributed by atoms with E-state index in [9.17, 15) is 13.2 Å². The van der Waals surface area contributed by atoms with Crippen LogP contribution >= 0.6 is 0 Å². The Morgan fingerprint density at radius 3 is 2.21 bits per heavy atom. The van der Waals surface area contributed by atoms with Gasteiger partial charge in [0.1, 0.15) is 0 Å². The molecule has 0 bridgehead atoms. The Balaban J connectivity index is 4.29.